The third kappa shape index (κ3) is 2.64. The molecule has 0 saturated carbocycles. The fraction of sp³-hybridized carbons (Fsp3) is 0.429. The Kier molecular flexibility index (Phi) is 2.35. The molecule has 0 saturated heterocycles. The van der Waals surface area contributed by atoms with E-state index in [1.165, 1.54) is 0 Å². The van der Waals surface area contributed by atoms with E-state index >= 15 is 0 Å². The molecule has 0 aromatic rings. The molecule has 0 amide bonds. The SMILES string of the molecule is CC1(C)C=NC(Cl)=NC(Cl)=C1. The van der Waals surface area contributed by atoms with Crippen molar-refractivity contribution in [2.24, 2.45) is 15.4 Å². The van der Waals surface area contributed by atoms with Crippen molar-refractivity contribution in [1.29, 1.82) is 0 Å². The highest BCUT2D eigenvalue weighted by Crippen LogP contribution is 2.22. The van der Waals surface area contributed by atoms with Crippen LogP contribution >= 0.6 is 23.2 Å². The number of amidine groups is 1. The van der Waals surface area contributed by atoms with Gasteiger partial charge in [-0.15, -0.1) is 0 Å². The van der Waals surface area contributed by atoms with Crippen LogP contribution in [-0.4, -0.2) is 11.5 Å². The lowest BCUT2D eigenvalue weighted by Crippen LogP contribution is -2.08. The molecule has 1 aliphatic rings. The van der Waals surface area contributed by atoms with Gasteiger partial charge in [0.05, 0.1) is 0 Å². The second-order valence-electron chi connectivity index (χ2n) is 2.93. The van der Waals surface area contributed by atoms with Crippen molar-refractivity contribution >= 4 is 34.7 Å². The zero-order chi connectivity index (χ0) is 8.48. The molecular weight excluding hydrogens is 183 g/mol. The Balaban J connectivity index is 3.02. The minimum absolute atomic E-state index is 0.169. The number of nitrogens with zero attached hydrogens (tertiary/aromatic N) is 2. The van der Waals surface area contributed by atoms with Crippen LogP contribution in [0.25, 0.3) is 0 Å². The molecule has 0 aliphatic carbocycles. The maximum atomic E-state index is 5.71. The fourth-order valence-electron chi connectivity index (χ4n) is 0.713. The number of rotatable bonds is 0. The second kappa shape index (κ2) is 2.95. The zero-order valence-electron chi connectivity index (χ0n) is 6.31. The van der Waals surface area contributed by atoms with Gasteiger partial charge in [-0.1, -0.05) is 25.4 Å². The molecule has 0 fully saturated rings. The molecule has 0 spiro atoms. The van der Waals surface area contributed by atoms with Gasteiger partial charge >= 0.3 is 0 Å². The summed E-state index contributed by atoms with van der Waals surface area (Å²) in [5.41, 5.74) is -0.169. The molecule has 1 aliphatic heterocycles. The summed E-state index contributed by atoms with van der Waals surface area (Å²) < 4.78 is 0. The molecular formula is C7H8Cl2N2. The Bertz CT molecular complexity index is 251. The molecule has 0 atom stereocenters. The van der Waals surface area contributed by atoms with Gasteiger partial charge in [0.25, 0.3) is 0 Å². The van der Waals surface area contributed by atoms with E-state index in [4.69, 9.17) is 23.2 Å². The minimum Gasteiger partial charge on any atom is -0.230 e. The van der Waals surface area contributed by atoms with Crippen molar-refractivity contribution in [3.8, 4) is 0 Å². The first-order valence-electron chi connectivity index (χ1n) is 3.17. The lowest BCUT2D eigenvalue weighted by molar-refractivity contribution is 0.693. The van der Waals surface area contributed by atoms with E-state index in [1.807, 2.05) is 13.8 Å². The quantitative estimate of drug-likeness (QED) is 0.526. The van der Waals surface area contributed by atoms with E-state index in [-0.39, 0.29) is 10.7 Å². The van der Waals surface area contributed by atoms with Gasteiger partial charge in [-0.3, -0.25) is 0 Å². The number of aliphatic imine (C=N–C) groups is 2. The number of allylic oxidation sites excluding steroid dienone is 1. The van der Waals surface area contributed by atoms with Crippen molar-refractivity contribution in [3.05, 3.63) is 11.2 Å². The van der Waals surface area contributed by atoms with Crippen LogP contribution in [0, 0.1) is 5.41 Å². The van der Waals surface area contributed by atoms with Gasteiger partial charge in [-0.05, 0) is 17.7 Å². The summed E-state index contributed by atoms with van der Waals surface area (Å²) in [6.45, 7) is 3.95. The maximum absolute atomic E-state index is 5.71. The Hall–Kier alpha value is -0.340. The highest BCUT2D eigenvalue weighted by Gasteiger charge is 2.14. The zero-order valence-corrected chi connectivity index (χ0v) is 7.82. The number of hydrogen-bond donors (Lipinski definition) is 0. The second-order valence-corrected chi connectivity index (χ2v) is 3.65. The van der Waals surface area contributed by atoms with Crippen LogP contribution in [0.15, 0.2) is 21.2 Å². The Morgan fingerprint density at radius 2 is 2.00 bits per heavy atom. The average Bonchev–Trinajstić information content (AvgIpc) is 1.90. The summed E-state index contributed by atoms with van der Waals surface area (Å²) in [7, 11) is 0. The third-order valence-electron chi connectivity index (χ3n) is 1.19. The predicted molar refractivity (Wildman–Crippen MR) is 49.5 cm³/mol. The van der Waals surface area contributed by atoms with Gasteiger partial charge in [0, 0.05) is 11.6 Å². The van der Waals surface area contributed by atoms with Crippen LogP contribution < -0.4 is 0 Å². The lowest BCUT2D eigenvalue weighted by Gasteiger charge is -2.10. The van der Waals surface area contributed by atoms with E-state index < -0.39 is 0 Å². The first kappa shape index (κ1) is 8.75. The van der Waals surface area contributed by atoms with Gasteiger partial charge in [-0.25, -0.2) is 9.98 Å². The standard InChI is InChI=1S/C7H8Cl2N2/c1-7(2)3-5(8)11-6(9)10-4-7/h3-4H,1-2H3. The molecule has 0 N–H and O–H groups in total. The van der Waals surface area contributed by atoms with Crippen LogP contribution in [0.4, 0.5) is 0 Å². The highest BCUT2D eigenvalue weighted by molar-refractivity contribution is 6.66. The van der Waals surface area contributed by atoms with Crippen molar-refractivity contribution in [2.75, 3.05) is 0 Å². The lowest BCUT2D eigenvalue weighted by atomic mass is 9.96. The summed E-state index contributed by atoms with van der Waals surface area (Å²) in [4.78, 5) is 7.66. The monoisotopic (exact) mass is 190 g/mol. The predicted octanol–water partition coefficient (Wildman–Crippen LogP) is 2.77. The van der Waals surface area contributed by atoms with E-state index in [2.05, 4.69) is 9.98 Å². The first-order chi connectivity index (χ1) is 4.99. The summed E-state index contributed by atoms with van der Waals surface area (Å²) in [6, 6.07) is 0. The van der Waals surface area contributed by atoms with E-state index in [1.54, 1.807) is 12.3 Å². The van der Waals surface area contributed by atoms with E-state index in [9.17, 15) is 0 Å². The molecule has 0 radical (unpaired) electrons. The average molecular weight is 191 g/mol. The fourth-order valence-corrected chi connectivity index (χ4v) is 1.26. The summed E-state index contributed by atoms with van der Waals surface area (Å²) in [5.74, 6) is 0. The molecule has 60 valence electrons. The Morgan fingerprint density at radius 3 is 2.64 bits per heavy atom. The van der Waals surface area contributed by atoms with Crippen LogP contribution in [-0.2, 0) is 0 Å². The van der Waals surface area contributed by atoms with Crippen molar-refractivity contribution in [2.45, 2.75) is 13.8 Å². The molecule has 1 heterocycles. The molecule has 2 nitrogen and oxygen atoms in total. The summed E-state index contributed by atoms with van der Waals surface area (Å²) >= 11 is 11.3. The van der Waals surface area contributed by atoms with Gasteiger partial charge < -0.3 is 0 Å². The molecule has 0 aromatic carbocycles. The normalized spacial score (nSPS) is 22.2. The summed E-state index contributed by atoms with van der Waals surface area (Å²) in [5, 5.41) is 0.564. The molecule has 1 rings (SSSR count). The molecule has 0 bridgehead atoms. The molecule has 11 heavy (non-hydrogen) atoms. The largest absolute Gasteiger partial charge is 0.230 e. The Labute approximate surface area is 75.6 Å². The minimum atomic E-state index is -0.169. The van der Waals surface area contributed by atoms with Crippen molar-refractivity contribution in [3.63, 3.8) is 0 Å². The van der Waals surface area contributed by atoms with E-state index in [0.29, 0.717) is 5.16 Å². The van der Waals surface area contributed by atoms with Gasteiger partial charge in [0.2, 0.25) is 5.29 Å². The van der Waals surface area contributed by atoms with Crippen LogP contribution in [0.3, 0.4) is 0 Å². The molecule has 0 unspecified atom stereocenters. The van der Waals surface area contributed by atoms with Crippen LogP contribution in [0.5, 0.6) is 0 Å². The number of hydrogen-bond acceptors (Lipinski definition) is 2. The van der Waals surface area contributed by atoms with Crippen molar-refractivity contribution < 1.29 is 0 Å². The molecule has 0 aromatic heterocycles. The Morgan fingerprint density at radius 1 is 1.36 bits per heavy atom. The van der Waals surface area contributed by atoms with Gasteiger partial charge in [-0.2, -0.15) is 0 Å². The summed E-state index contributed by atoms with van der Waals surface area (Å²) in [6.07, 6.45) is 3.52. The highest BCUT2D eigenvalue weighted by atomic mass is 35.5. The van der Waals surface area contributed by atoms with Gasteiger partial charge in [0.15, 0.2) is 0 Å². The van der Waals surface area contributed by atoms with Crippen molar-refractivity contribution in [1.82, 2.24) is 0 Å². The topological polar surface area (TPSA) is 24.7 Å². The maximum Gasteiger partial charge on any atom is 0.223 e. The molecule has 4 heteroatoms. The first-order valence-corrected chi connectivity index (χ1v) is 3.93. The van der Waals surface area contributed by atoms with Crippen LogP contribution in [0.1, 0.15) is 13.8 Å². The smallest absolute Gasteiger partial charge is 0.223 e. The third-order valence-corrected chi connectivity index (χ3v) is 1.57. The van der Waals surface area contributed by atoms with Gasteiger partial charge in [0.1, 0.15) is 5.16 Å². The van der Waals surface area contributed by atoms with E-state index in [0.717, 1.165) is 0 Å². The van der Waals surface area contributed by atoms with Crippen LogP contribution in [0.2, 0.25) is 0 Å². The number of halogens is 2.